The zero-order chi connectivity index (χ0) is 16.9. The maximum atomic E-state index is 12.3. The van der Waals surface area contributed by atoms with Crippen molar-refractivity contribution in [3.8, 4) is 0 Å². The van der Waals surface area contributed by atoms with E-state index in [4.69, 9.17) is 23.2 Å². The monoisotopic (exact) mass is 381 g/mol. The Morgan fingerprint density at radius 3 is 2.54 bits per heavy atom. The number of rotatable bonds is 5. The third-order valence-corrected chi connectivity index (χ3v) is 5.32. The molecule has 0 spiro atoms. The van der Waals surface area contributed by atoms with E-state index in [1.165, 1.54) is 0 Å². The van der Waals surface area contributed by atoms with Gasteiger partial charge in [0.2, 0.25) is 5.91 Å². The molecule has 126 valence electrons. The van der Waals surface area contributed by atoms with Gasteiger partial charge in [0, 0.05) is 15.8 Å². The van der Waals surface area contributed by atoms with E-state index in [2.05, 4.69) is 16.2 Å². The molecule has 1 saturated heterocycles. The third-order valence-electron chi connectivity index (χ3n) is 3.68. The highest BCUT2D eigenvalue weighted by Crippen LogP contribution is 2.25. The quantitative estimate of drug-likeness (QED) is 0.743. The lowest BCUT2D eigenvalue weighted by molar-refractivity contribution is -0.125. The molecule has 2 aromatic carbocycles. The fourth-order valence-corrected chi connectivity index (χ4v) is 3.90. The Hall–Kier alpha value is -1.24. The van der Waals surface area contributed by atoms with Gasteiger partial charge in [-0.3, -0.25) is 4.79 Å². The van der Waals surface area contributed by atoms with Gasteiger partial charge in [0.15, 0.2) is 0 Å². The Bertz CT molecular complexity index is 714. The lowest BCUT2D eigenvalue weighted by atomic mass is 10.1. The molecule has 0 radical (unpaired) electrons. The fraction of sp³-hybridized carbons (Fsp3) is 0.235. The van der Waals surface area contributed by atoms with Crippen LogP contribution in [0.2, 0.25) is 10.0 Å². The second-order valence-corrected chi connectivity index (χ2v) is 7.40. The molecule has 1 amide bonds. The Kier molecular flexibility index (Phi) is 6.03. The fourth-order valence-electron chi connectivity index (χ4n) is 2.40. The predicted molar refractivity (Wildman–Crippen MR) is 99.9 cm³/mol. The summed E-state index contributed by atoms with van der Waals surface area (Å²) in [5, 5.41) is 4.21. The molecule has 1 fully saturated rings. The highest BCUT2D eigenvalue weighted by atomic mass is 35.5. The molecule has 4 nitrogen and oxygen atoms in total. The summed E-state index contributed by atoms with van der Waals surface area (Å²) in [6.07, 6.45) is 0.639. The van der Waals surface area contributed by atoms with Gasteiger partial charge in [-0.15, -0.1) is 11.8 Å². The summed E-state index contributed by atoms with van der Waals surface area (Å²) >= 11 is 13.6. The molecule has 1 heterocycles. The molecule has 0 aromatic heterocycles. The van der Waals surface area contributed by atoms with Gasteiger partial charge in [-0.25, -0.2) is 10.9 Å². The van der Waals surface area contributed by atoms with Crippen molar-refractivity contribution in [3.05, 3.63) is 69.7 Å². The molecule has 1 aliphatic rings. The summed E-state index contributed by atoms with van der Waals surface area (Å²) in [7, 11) is 0. The molecule has 1 aliphatic heterocycles. The standard InChI is InChI=1S/C17H17Cl2N3OS/c18-13-7-6-12(14(19)9-13)10-24-17-20-16(23)15(21-22-17)8-11-4-2-1-3-5-11/h1-7,9,15,17,21-22H,8,10H2,(H,20,23). The number of carbonyl (C=O) groups excluding carboxylic acids is 1. The molecule has 24 heavy (non-hydrogen) atoms. The number of hydrogen-bond acceptors (Lipinski definition) is 4. The van der Waals surface area contributed by atoms with Crippen LogP contribution < -0.4 is 16.2 Å². The molecule has 7 heteroatoms. The summed E-state index contributed by atoms with van der Waals surface area (Å²) < 4.78 is 0. The van der Waals surface area contributed by atoms with Crippen LogP contribution in [0.15, 0.2) is 48.5 Å². The minimum absolute atomic E-state index is 0.0164. The minimum Gasteiger partial charge on any atom is -0.329 e. The number of thioether (sulfide) groups is 1. The first-order chi connectivity index (χ1) is 11.6. The van der Waals surface area contributed by atoms with E-state index >= 15 is 0 Å². The van der Waals surface area contributed by atoms with E-state index in [-0.39, 0.29) is 17.4 Å². The molecule has 0 saturated carbocycles. The van der Waals surface area contributed by atoms with Crippen LogP contribution in [-0.2, 0) is 17.0 Å². The number of nitrogens with one attached hydrogen (secondary N) is 3. The van der Waals surface area contributed by atoms with E-state index in [0.717, 1.165) is 11.1 Å². The summed E-state index contributed by atoms with van der Waals surface area (Å²) in [6.45, 7) is 0. The molecule has 0 aliphatic carbocycles. The van der Waals surface area contributed by atoms with E-state index < -0.39 is 0 Å². The van der Waals surface area contributed by atoms with Gasteiger partial charge in [0.25, 0.3) is 0 Å². The van der Waals surface area contributed by atoms with Crippen molar-refractivity contribution in [1.82, 2.24) is 16.2 Å². The van der Waals surface area contributed by atoms with E-state index in [1.54, 1.807) is 17.8 Å². The minimum atomic E-state index is -0.289. The highest BCUT2D eigenvalue weighted by molar-refractivity contribution is 7.99. The van der Waals surface area contributed by atoms with Gasteiger partial charge in [0.1, 0.15) is 11.5 Å². The van der Waals surface area contributed by atoms with Gasteiger partial charge in [-0.1, -0.05) is 59.6 Å². The normalized spacial score (nSPS) is 20.7. The van der Waals surface area contributed by atoms with Crippen molar-refractivity contribution in [1.29, 1.82) is 0 Å². The smallest absolute Gasteiger partial charge is 0.240 e. The van der Waals surface area contributed by atoms with E-state index in [1.807, 2.05) is 42.5 Å². The Morgan fingerprint density at radius 2 is 1.83 bits per heavy atom. The lowest BCUT2D eigenvalue weighted by Crippen LogP contribution is -2.64. The Morgan fingerprint density at radius 1 is 1.04 bits per heavy atom. The highest BCUT2D eigenvalue weighted by Gasteiger charge is 2.27. The van der Waals surface area contributed by atoms with Gasteiger partial charge in [-0.05, 0) is 29.7 Å². The van der Waals surface area contributed by atoms with Crippen LogP contribution in [0, 0.1) is 0 Å². The van der Waals surface area contributed by atoms with Crippen molar-refractivity contribution in [3.63, 3.8) is 0 Å². The Labute approximate surface area is 155 Å². The maximum Gasteiger partial charge on any atom is 0.240 e. The van der Waals surface area contributed by atoms with Gasteiger partial charge < -0.3 is 5.32 Å². The molecule has 0 bridgehead atoms. The molecule has 2 aromatic rings. The largest absolute Gasteiger partial charge is 0.329 e. The molecule has 3 rings (SSSR count). The van der Waals surface area contributed by atoms with Crippen molar-refractivity contribution < 1.29 is 4.79 Å². The average molecular weight is 382 g/mol. The topological polar surface area (TPSA) is 53.2 Å². The maximum absolute atomic E-state index is 12.3. The average Bonchev–Trinajstić information content (AvgIpc) is 2.57. The van der Waals surface area contributed by atoms with Gasteiger partial charge >= 0.3 is 0 Å². The summed E-state index contributed by atoms with van der Waals surface area (Å²) in [5.41, 5.74) is 8.11. The van der Waals surface area contributed by atoms with Crippen molar-refractivity contribution in [2.24, 2.45) is 0 Å². The van der Waals surface area contributed by atoms with Crippen molar-refractivity contribution >= 4 is 40.9 Å². The van der Waals surface area contributed by atoms with Gasteiger partial charge in [0.05, 0.1) is 0 Å². The number of carbonyl (C=O) groups is 1. The zero-order valence-corrected chi connectivity index (χ0v) is 15.1. The Balaban J connectivity index is 1.51. The first-order valence-corrected chi connectivity index (χ1v) is 9.33. The van der Waals surface area contributed by atoms with Crippen LogP contribution in [0.5, 0.6) is 0 Å². The van der Waals surface area contributed by atoms with Crippen LogP contribution in [0.1, 0.15) is 11.1 Å². The van der Waals surface area contributed by atoms with E-state index in [0.29, 0.717) is 22.2 Å². The molecule has 3 N–H and O–H groups in total. The molecular formula is C17H17Cl2N3OS. The number of amides is 1. The van der Waals surface area contributed by atoms with Crippen LogP contribution in [0.4, 0.5) is 0 Å². The summed E-state index contributed by atoms with van der Waals surface area (Å²) in [4.78, 5) is 12.3. The zero-order valence-electron chi connectivity index (χ0n) is 12.8. The van der Waals surface area contributed by atoms with Crippen LogP contribution in [0.25, 0.3) is 0 Å². The second-order valence-electron chi connectivity index (χ2n) is 5.47. The van der Waals surface area contributed by atoms with Crippen LogP contribution >= 0.6 is 35.0 Å². The lowest BCUT2D eigenvalue weighted by Gasteiger charge is -2.31. The molecular weight excluding hydrogens is 365 g/mol. The second kappa shape index (κ2) is 8.23. The SMILES string of the molecule is O=C1NC(SCc2ccc(Cl)cc2Cl)NNC1Cc1ccccc1. The number of hydrogen-bond donors (Lipinski definition) is 3. The third kappa shape index (κ3) is 4.65. The first kappa shape index (κ1) is 17.6. The number of hydrazine groups is 1. The summed E-state index contributed by atoms with van der Waals surface area (Å²) in [6, 6.07) is 15.1. The van der Waals surface area contributed by atoms with Crippen LogP contribution in [0.3, 0.4) is 0 Å². The van der Waals surface area contributed by atoms with Crippen molar-refractivity contribution in [2.45, 2.75) is 23.7 Å². The predicted octanol–water partition coefficient (Wildman–Crippen LogP) is 3.35. The van der Waals surface area contributed by atoms with E-state index in [9.17, 15) is 4.79 Å². The number of halogens is 2. The van der Waals surface area contributed by atoms with Gasteiger partial charge in [-0.2, -0.15) is 0 Å². The summed E-state index contributed by atoms with van der Waals surface area (Å²) in [5.74, 6) is 0.649. The van der Waals surface area contributed by atoms with Crippen molar-refractivity contribution in [2.75, 3.05) is 0 Å². The molecule has 2 atom stereocenters. The first-order valence-electron chi connectivity index (χ1n) is 7.53. The van der Waals surface area contributed by atoms with Crippen LogP contribution in [-0.4, -0.2) is 17.4 Å². The number of benzene rings is 2. The molecule has 2 unspecified atom stereocenters.